The van der Waals surface area contributed by atoms with Crippen molar-refractivity contribution in [2.75, 3.05) is 5.32 Å². The Balaban J connectivity index is 1.64. The van der Waals surface area contributed by atoms with Crippen molar-refractivity contribution in [1.82, 2.24) is 10.3 Å². The SMILES string of the molecule is CCC(=O)Nc1nc2c(s1)C(=O)C[C@H](C(=O)NCc1ccc(C)o1)C2. The normalized spacial score (nSPS) is 16.4. The first-order valence-electron chi connectivity index (χ1n) is 8.12. The quantitative estimate of drug-likeness (QED) is 0.852. The molecule has 1 aliphatic carbocycles. The molecule has 0 radical (unpaired) electrons. The predicted octanol–water partition coefficient (Wildman–Crippen LogP) is 2.45. The maximum absolute atomic E-state index is 12.4. The number of hydrogen-bond acceptors (Lipinski definition) is 6. The molecule has 0 unspecified atom stereocenters. The van der Waals surface area contributed by atoms with E-state index < -0.39 is 5.92 Å². The lowest BCUT2D eigenvalue weighted by molar-refractivity contribution is -0.125. The van der Waals surface area contributed by atoms with E-state index >= 15 is 0 Å². The number of hydrogen-bond donors (Lipinski definition) is 2. The summed E-state index contributed by atoms with van der Waals surface area (Å²) >= 11 is 1.17. The van der Waals surface area contributed by atoms with Crippen molar-refractivity contribution in [2.24, 2.45) is 5.92 Å². The average molecular weight is 361 g/mol. The highest BCUT2D eigenvalue weighted by atomic mass is 32.1. The van der Waals surface area contributed by atoms with Gasteiger partial charge in [-0.15, -0.1) is 0 Å². The van der Waals surface area contributed by atoms with Crippen LogP contribution in [0.15, 0.2) is 16.5 Å². The predicted molar refractivity (Wildman–Crippen MR) is 92.5 cm³/mol. The summed E-state index contributed by atoms with van der Waals surface area (Å²) in [5, 5.41) is 5.88. The van der Waals surface area contributed by atoms with Crippen molar-refractivity contribution in [3.8, 4) is 0 Å². The number of thiazole rings is 1. The average Bonchev–Trinajstić information content (AvgIpc) is 3.18. The second-order valence-electron chi connectivity index (χ2n) is 5.96. The van der Waals surface area contributed by atoms with Crippen LogP contribution < -0.4 is 10.6 Å². The first-order chi connectivity index (χ1) is 12.0. The number of aromatic nitrogens is 1. The van der Waals surface area contributed by atoms with E-state index in [1.807, 2.05) is 19.1 Å². The van der Waals surface area contributed by atoms with E-state index in [1.54, 1.807) is 6.92 Å². The number of aryl methyl sites for hydroxylation is 1. The standard InChI is InChI=1S/C17H19N3O4S/c1-3-14(22)20-17-19-12-6-10(7-13(21)15(12)25-17)16(23)18-8-11-5-4-9(2)24-11/h4-5,10H,3,6-8H2,1-2H3,(H,18,23)(H,19,20,22)/t10-/m1/s1. The molecule has 0 fully saturated rings. The fourth-order valence-corrected chi connectivity index (χ4v) is 3.63. The molecular weight excluding hydrogens is 342 g/mol. The summed E-state index contributed by atoms with van der Waals surface area (Å²) in [6, 6.07) is 3.64. The molecule has 132 valence electrons. The Bertz CT molecular complexity index is 824. The zero-order valence-electron chi connectivity index (χ0n) is 14.0. The van der Waals surface area contributed by atoms with Crippen molar-refractivity contribution >= 4 is 34.1 Å². The molecule has 0 bridgehead atoms. The van der Waals surface area contributed by atoms with Crippen molar-refractivity contribution < 1.29 is 18.8 Å². The highest BCUT2D eigenvalue weighted by Crippen LogP contribution is 2.32. The number of carbonyl (C=O) groups excluding carboxylic acids is 3. The van der Waals surface area contributed by atoms with Crippen molar-refractivity contribution in [3.05, 3.63) is 34.2 Å². The number of nitrogens with zero attached hydrogens (tertiary/aromatic N) is 1. The molecule has 0 saturated heterocycles. The van der Waals surface area contributed by atoms with Gasteiger partial charge in [-0.25, -0.2) is 4.98 Å². The van der Waals surface area contributed by atoms with Gasteiger partial charge in [0.2, 0.25) is 11.8 Å². The molecule has 7 nitrogen and oxygen atoms in total. The van der Waals surface area contributed by atoms with E-state index in [0.717, 1.165) is 5.76 Å². The van der Waals surface area contributed by atoms with E-state index in [4.69, 9.17) is 4.42 Å². The summed E-state index contributed by atoms with van der Waals surface area (Å²) < 4.78 is 5.42. The number of fused-ring (bicyclic) bond motifs is 1. The Morgan fingerprint density at radius 1 is 1.36 bits per heavy atom. The van der Waals surface area contributed by atoms with Gasteiger partial charge in [-0.05, 0) is 19.1 Å². The first-order valence-corrected chi connectivity index (χ1v) is 8.93. The van der Waals surface area contributed by atoms with Gasteiger partial charge in [0.15, 0.2) is 10.9 Å². The molecule has 0 aromatic carbocycles. The monoisotopic (exact) mass is 361 g/mol. The number of ketones is 1. The minimum atomic E-state index is -0.451. The molecule has 2 aromatic heterocycles. The fourth-order valence-electron chi connectivity index (χ4n) is 2.68. The molecule has 2 amide bonds. The topological polar surface area (TPSA) is 101 Å². The maximum atomic E-state index is 12.4. The minimum Gasteiger partial charge on any atom is -0.465 e. The van der Waals surface area contributed by atoms with Crippen LogP contribution in [0.4, 0.5) is 5.13 Å². The highest BCUT2D eigenvalue weighted by Gasteiger charge is 2.33. The van der Waals surface area contributed by atoms with Gasteiger partial charge in [0, 0.05) is 19.3 Å². The van der Waals surface area contributed by atoms with Crippen LogP contribution in [-0.4, -0.2) is 22.6 Å². The number of rotatable bonds is 5. The molecule has 25 heavy (non-hydrogen) atoms. The van der Waals surface area contributed by atoms with Gasteiger partial charge in [-0.3, -0.25) is 14.4 Å². The lowest BCUT2D eigenvalue weighted by Crippen LogP contribution is -2.35. The molecule has 0 spiro atoms. The third-order valence-corrected chi connectivity index (χ3v) is 5.05. The minimum absolute atomic E-state index is 0.107. The third kappa shape index (κ3) is 3.96. The zero-order chi connectivity index (χ0) is 18.0. The molecular formula is C17H19N3O4S. The Morgan fingerprint density at radius 2 is 2.16 bits per heavy atom. The van der Waals surface area contributed by atoms with E-state index in [9.17, 15) is 14.4 Å². The smallest absolute Gasteiger partial charge is 0.225 e. The third-order valence-electron chi connectivity index (χ3n) is 3.99. The second-order valence-corrected chi connectivity index (χ2v) is 6.95. The zero-order valence-corrected chi connectivity index (χ0v) is 14.9. The molecule has 0 saturated carbocycles. The van der Waals surface area contributed by atoms with Crippen molar-refractivity contribution in [1.29, 1.82) is 0 Å². The highest BCUT2D eigenvalue weighted by molar-refractivity contribution is 7.17. The van der Waals surface area contributed by atoms with Gasteiger partial charge in [-0.2, -0.15) is 0 Å². The molecule has 1 atom stereocenters. The largest absolute Gasteiger partial charge is 0.465 e. The molecule has 2 heterocycles. The van der Waals surface area contributed by atoms with Gasteiger partial charge in [0.05, 0.1) is 23.0 Å². The number of Topliss-reactive ketones (excluding diaryl/α,β-unsaturated/α-hetero) is 1. The van der Waals surface area contributed by atoms with Crippen LogP contribution in [0.2, 0.25) is 0 Å². The van der Waals surface area contributed by atoms with Crippen LogP contribution in [0.3, 0.4) is 0 Å². The Hall–Kier alpha value is -2.48. The summed E-state index contributed by atoms with van der Waals surface area (Å²) in [6.45, 7) is 3.87. The number of anilines is 1. The van der Waals surface area contributed by atoms with Crippen LogP contribution in [0.25, 0.3) is 0 Å². The van der Waals surface area contributed by atoms with Gasteiger partial charge in [0.1, 0.15) is 11.5 Å². The number of carbonyl (C=O) groups is 3. The first kappa shape index (κ1) is 17.3. The molecule has 1 aliphatic rings. The summed E-state index contributed by atoms with van der Waals surface area (Å²) in [6.07, 6.45) is 0.886. The second kappa shape index (κ2) is 7.18. The maximum Gasteiger partial charge on any atom is 0.225 e. The van der Waals surface area contributed by atoms with Gasteiger partial charge in [-0.1, -0.05) is 18.3 Å². The number of amides is 2. The summed E-state index contributed by atoms with van der Waals surface area (Å²) in [7, 11) is 0. The number of nitrogens with one attached hydrogen (secondary N) is 2. The van der Waals surface area contributed by atoms with Crippen molar-refractivity contribution in [2.45, 2.75) is 39.7 Å². The molecule has 3 rings (SSSR count). The van der Waals surface area contributed by atoms with Crippen LogP contribution in [0, 0.1) is 12.8 Å². The van der Waals surface area contributed by atoms with E-state index in [0.29, 0.717) is 40.8 Å². The Kier molecular flexibility index (Phi) is 4.98. The van der Waals surface area contributed by atoms with E-state index in [2.05, 4.69) is 15.6 Å². The Labute approximate surface area is 148 Å². The lowest BCUT2D eigenvalue weighted by Gasteiger charge is -2.19. The van der Waals surface area contributed by atoms with Crippen LogP contribution in [-0.2, 0) is 22.6 Å². The molecule has 2 N–H and O–H groups in total. The molecule has 2 aromatic rings. The summed E-state index contributed by atoms with van der Waals surface area (Å²) in [5.74, 6) is 0.553. The summed E-state index contributed by atoms with van der Waals surface area (Å²) in [4.78, 5) is 41.0. The van der Waals surface area contributed by atoms with E-state index in [-0.39, 0.29) is 24.0 Å². The van der Waals surface area contributed by atoms with Crippen LogP contribution in [0.1, 0.15) is 46.7 Å². The summed E-state index contributed by atoms with van der Waals surface area (Å²) in [5.41, 5.74) is 0.585. The molecule has 0 aliphatic heterocycles. The van der Waals surface area contributed by atoms with Gasteiger partial charge < -0.3 is 15.1 Å². The fraction of sp³-hybridized carbons (Fsp3) is 0.412. The van der Waals surface area contributed by atoms with Crippen LogP contribution in [0.5, 0.6) is 0 Å². The van der Waals surface area contributed by atoms with Gasteiger partial charge >= 0.3 is 0 Å². The van der Waals surface area contributed by atoms with Crippen LogP contribution >= 0.6 is 11.3 Å². The Morgan fingerprint density at radius 3 is 2.84 bits per heavy atom. The van der Waals surface area contributed by atoms with E-state index in [1.165, 1.54) is 11.3 Å². The lowest BCUT2D eigenvalue weighted by atomic mass is 9.89. The number of furan rings is 1. The molecule has 8 heteroatoms. The van der Waals surface area contributed by atoms with Crippen molar-refractivity contribution in [3.63, 3.8) is 0 Å². The van der Waals surface area contributed by atoms with Gasteiger partial charge in [0.25, 0.3) is 0 Å².